The van der Waals surface area contributed by atoms with Gasteiger partial charge >= 0.3 is 0 Å². The molecule has 1 aliphatic heterocycles. The van der Waals surface area contributed by atoms with E-state index < -0.39 is 5.54 Å². The van der Waals surface area contributed by atoms with Gasteiger partial charge in [-0.05, 0) is 77.4 Å². The highest BCUT2D eigenvalue weighted by Crippen LogP contribution is 2.46. The molecule has 1 fully saturated rings. The standard InChI is InChI=1S/C31H25N5O3/c1-35-29(19-28(37)24-8-6-22(20-32)7-9-24)36(21-23-4-3-5-27(18-23)39-2)30(38)31(35,25-10-14-33-15-11-25)26-12-16-34-17-13-26/h3-19H,21H2,1-2H3. The van der Waals surface area contributed by atoms with E-state index in [1.807, 2.05) is 60.5 Å². The first-order valence-corrected chi connectivity index (χ1v) is 12.2. The Bertz CT molecular complexity index is 1540. The number of likely N-dealkylation sites (N-methyl/N-ethyl adjacent to an activating group) is 1. The number of pyridine rings is 2. The molecule has 0 bridgehead atoms. The Labute approximate surface area is 226 Å². The van der Waals surface area contributed by atoms with Crippen molar-refractivity contribution >= 4 is 11.7 Å². The number of carbonyl (C=O) groups is 2. The molecule has 8 heteroatoms. The number of carbonyl (C=O) groups excluding carboxylic acids is 2. The zero-order valence-corrected chi connectivity index (χ0v) is 21.5. The zero-order chi connectivity index (χ0) is 27.4. The van der Waals surface area contributed by atoms with Crippen molar-refractivity contribution in [3.8, 4) is 11.8 Å². The predicted molar refractivity (Wildman–Crippen MR) is 144 cm³/mol. The third kappa shape index (κ3) is 4.51. The summed E-state index contributed by atoms with van der Waals surface area (Å²) < 4.78 is 5.40. The van der Waals surface area contributed by atoms with Crippen LogP contribution in [0.5, 0.6) is 5.75 Å². The van der Waals surface area contributed by atoms with E-state index in [2.05, 4.69) is 16.0 Å². The number of nitrogens with zero attached hydrogens (tertiary/aromatic N) is 5. The van der Waals surface area contributed by atoms with E-state index >= 15 is 0 Å². The van der Waals surface area contributed by atoms with E-state index in [1.165, 1.54) is 6.08 Å². The van der Waals surface area contributed by atoms with Crippen LogP contribution in [0, 0.1) is 11.3 Å². The van der Waals surface area contributed by atoms with Crippen LogP contribution in [0.4, 0.5) is 0 Å². The van der Waals surface area contributed by atoms with Crippen molar-refractivity contribution in [1.82, 2.24) is 19.8 Å². The van der Waals surface area contributed by atoms with E-state index in [9.17, 15) is 9.59 Å². The second-order valence-electron chi connectivity index (χ2n) is 9.04. The summed E-state index contributed by atoms with van der Waals surface area (Å²) >= 11 is 0. The molecule has 5 rings (SSSR count). The maximum absolute atomic E-state index is 14.6. The Morgan fingerprint density at radius 3 is 2.15 bits per heavy atom. The number of allylic oxidation sites excluding steroid dienone is 1. The molecule has 0 N–H and O–H groups in total. The third-order valence-corrected chi connectivity index (χ3v) is 6.91. The molecule has 0 unspecified atom stereocenters. The summed E-state index contributed by atoms with van der Waals surface area (Å²) in [5, 5.41) is 9.13. The second-order valence-corrected chi connectivity index (χ2v) is 9.04. The smallest absolute Gasteiger partial charge is 0.263 e. The molecular weight excluding hydrogens is 490 g/mol. The van der Waals surface area contributed by atoms with Crippen molar-refractivity contribution in [2.75, 3.05) is 14.2 Å². The summed E-state index contributed by atoms with van der Waals surface area (Å²) in [6.07, 6.45) is 8.07. The van der Waals surface area contributed by atoms with Gasteiger partial charge in [-0.2, -0.15) is 5.26 Å². The quantitative estimate of drug-likeness (QED) is 0.267. The minimum absolute atomic E-state index is 0.213. The van der Waals surface area contributed by atoms with Gasteiger partial charge < -0.3 is 9.64 Å². The molecule has 3 heterocycles. The van der Waals surface area contributed by atoms with Gasteiger partial charge in [-0.15, -0.1) is 0 Å². The zero-order valence-electron chi connectivity index (χ0n) is 21.5. The highest BCUT2D eigenvalue weighted by molar-refractivity contribution is 6.06. The van der Waals surface area contributed by atoms with Crippen molar-refractivity contribution in [2.24, 2.45) is 0 Å². The molecule has 192 valence electrons. The molecule has 0 radical (unpaired) electrons. The lowest BCUT2D eigenvalue weighted by Crippen LogP contribution is -2.45. The summed E-state index contributed by atoms with van der Waals surface area (Å²) in [4.78, 5) is 39.9. The fourth-order valence-corrected chi connectivity index (χ4v) is 4.97. The van der Waals surface area contributed by atoms with E-state index in [0.717, 1.165) is 5.56 Å². The molecule has 1 saturated heterocycles. The molecule has 4 aromatic rings. The largest absolute Gasteiger partial charge is 0.497 e. The summed E-state index contributed by atoms with van der Waals surface area (Å²) in [7, 11) is 3.40. The van der Waals surface area contributed by atoms with Gasteiger partial charge in [0.1, 0.15) is 11.6 Å². The molecule has 0 atom stereocenters. The number of nitriles is 1. The van der Waals surface area contributed by atoms with Crippen LogP contribution in [0.1, 0.15) is 32.6 Å². The monoisotopic (exact) mass is 515 g/mol. The van der Waals surface area contributed by atoms with E-state index in [0.29, 0.717) is 33.8 Å². The first-order valence-electron chi connectivity index (χ1n) is 12.2. The highest BCUT2D eigenvalue weighted by Gasteiger charge is 2.56. The van der Waals surface area contributed by atoms with Gasteiger partial charge in [-0.1, -0.05) is 12.1 Å². The van der Waals surface area contributed by atoms with Crippen LogP contribution in [-0.2, 0) is 16.9 Å². The Morgan fingerprint density at radius 1 is 0.974 bits per heavy atom. The van der Waals surface area contributed by atoms with Crippen LogP contribution in [0.2, 0.25) is 0 Å². The number of ether oxygens (including phenoxy) is 1. The van der Waals surface area contributed by atoms with Gasteiger partial charge in [0.05, 0.1) is 25.3 Å². The number of hydrogen-bond acceptors (Lipinski definition) is 7. The summed E-state index contributed by atoms with van der Waals surface area (Å²) in [6, 6.07) is 23.2. The number of aromatic nitrogens is 2. The molecular formula is C31H25N5O3. The van der Waals surface area contributed by atoms with Gasteiger partial charge in [-0.3, -0.25) is 24.5 Å². The minimum atomic E-state index is -1.26. The second kappa shape index (κ2) is 10.6. The number of methoxy groups -OCH3 is 1. The van der Waals surface area contributed by atoms with Crippen molar-refractivity contribution in [2.45, 2.75) is 12.1 Å². The number of ketones is 1. The van der Waals surface area contributed by atoms with Crippen LogP contribution in [0.15, 0.2) is 109 Å². The Kier molecular flexibility index (Phi) is 6.89. The molecule has 8 nitrogen and oxygen atoms in total. The lowest BCUT2D eigenvalue weighted by molar-refractivity contribution is -0.132. The van der Waals surface area contributed by atoms with Crippen LogP contribution >= 0.6 is 0 Å². The average Bonchev–Trinajstić information content (AvgIpc) is 3.19. The average molecular weight is 516 g/mol. The fourth-order valence-electron chi connectivity index (χ4n) is 4.97. The van der Waals surface area contributed by atoms with Gasteiger partial charge in [0, 0.05) is 43.5 Å². The van der Waals surface area contributed by atoms with Crippen molar-refractivity contribution < 1.29 is 14.3 Å². The van der Waals surface area contributed by atoms with E-state index in [1.54, 1.807) is 61.1 Å². The van der Waals surface area contributed by atoms with Crippen molar-refractivity contribution in [3.05, 3.63) is 137 Å². The summed E-state index contributed by atoms with van der Waals surface area (Å²) in [5.74, 6) is 0.598. The van der Waals surface area contributed by atoms with Crippen LogP contribution < -0.4 is 4.74 Å². The van der Waals surface area contributed by atoms with Gasteiger partial charge in [-0.25, -0.2) is 0 Å². The predicted octanol–water partition coefficient (Wildman–Crippen LogP) is 4.30. The summed E-state index contributed by atoms with van der Waals surface area (Å²) in [5.41, 5.74) is 1.87. The minimum Gasteiger partial charge on any atom is -0.497 e. The molecule has 39 heavy (non-hydrogen) atoms. The summed E-state index contributed by atoms with van der Waals surface area (Å²) in [6.45, 7) is 0.213. The molecule has 2 aromatic carbocycles. The lowest BCUT2D eigenvalue weighted by Gasteiger charge is -2.35. The molecule has 0 spiro atoms. The lowest BCUT2D eigenvalue weighted by atomic mass is 9.82. The molecule has 1 amide bonds. The van der Waals surface area contributed by atoms with E-state index in [-0.39, 0.29) is 18.2 Å². The highest BCUT2D eigenvalue weighted by atomic mass is 16.5. The van der Waals surface area contributed by atoms with Gasteiger partial charge in [0.25, 0.3) is 5.91 Å². The topological polar surface area (TPSA) is 99.4 Å². The van der Waals surface area contributed by atoms with Crippen molar-refractivity contribution in [1.29, 1.82) is 5.26 Å². The van der Waals surface area contributed by atoms with Gasteiger partial charge in [0.2, 0.25) is 0 Å². The Balaban J connectivity index is 1.69. The molecule has 0 aliphatic carbocycles. The fraction of sp³-hybridized carbons (Fsp3) is 0.129. The maximum atomic E-state index is 14.6. The van der Waals surface area contributed by atoms with Gasteiger partial charge in [0.15, 0.2) is 11.3 Å². The molecule has 2 aromatic heterocycles. The first kappa shape index (κ1) is 25.4. The number of rotatable bonds is 7. The van der Waals surface area contributed by atoms with Crippen LogP contribution in [0.3, 0.4) is 0 Å². The third-order valence-electron chi connectivity index (χ3n) is 6.91. The first-order chi connectivity index (χ1) is 19.0. The molecule has 1 aliphatic rings. The van der Waals surface area contributed by atoms with Crippen LogP contribution in [0.25, 0.3) is 0 Å². The number of amides is 1. The normalized spacial score (nSPS) is 15.3. The SMILES string of the molecule is COc1cccc(CN2C(=O)C(c3ccncc3)(c3ccncc3)N(C)C2=CC(=O)c2ccc(C#N)cc2)c1. The molecule has 0 saturated carbocycles. The Hall–Kier alpha value is -5.29. The Morgan fingerprint density at radius 2 is 1.59 bits per heavy atom. The number of benzene rings is 2. The van der Waals surface area contributed by atoms with E-state index in [4.69, 9.17) is 10.00 Å². The van der Waals surface area contributed by atoms with Crippen LogP contribution in [-0.4, -0.2) is 45.6 Å². The maximum Gasteiger partial charge on any atom is 0.263 e. The number of hydrogen-bond donors (Lipinski definition) is 0. The van der Waals surface area contributed by atoms with Crippen molar-refractivity contribution in [3.63, 3.8) is 0 Å².